The Labute approximate surface area is 95.6 Å². The summed E-state index contributed by atoms with van der Waals surface area (Å²) in [7, 11) is 0. The van der Waals surface area contributed by atoms with Crippen molar-refractivity contribution in [3.63, 3.8) is 0 Å². The van der Waals surface area contributed by atoms with E-state index in [1.807, 2.05) is 32.0 Å². The van der Waals surface area contributed by atoms with Gasteiger partial charge in [0.2, 0.25) is 0 Å². The average Bonchev–Trinajstić information content (AvgIpc) is 2.74. The number of hydrogen-bond donors (Lipinski definition) is 1. The number of nitrogens with zero attached hydrogens (tertiary/aromatic N) is 1. The first-order valence-electron chi connectivity index (χ1n) is 5.54. The smallest absolute Gasteiger partial charge is 0.170 e. The van der Waals surface area contributed by atoms with Crippen molar-refractivity contribution in [2.75, 3.05) is 13.1 Å². The monoisotopic (exact) mass is 216 g/mol. The van der Waals surface area contributed by atoms with Crippen molar-refractivity contribution in [1.29, 1.82) is 0 Å². The van der Waals surface area contributed by atoms with E-state index in [9.17, 15) is 4.79 Å². The summed E-state index contributed by atoms with van der Waals surface area (Å²) < 4.78 is 0. The van der Waals surface area contributed by atoms with Crippen LogP contribution in [0.3, 0.4) is 0 Å². The SMILES string of the molecule is Cc1ccc(C)c(C(=O)CC2=NCCN2)c1. The maximum Gasteiger partial charge on any atom is 0.170 e. The van der Waals surface area contributed by atoms with Crippen LogP contribution in [0.5, 0.6) is 0 Å². The zero-order valence-corrected chi connectivity index (χ0v) is 9.71. The summed E-state index contributed by atoms with van der Waals surface area (Å²) in [5, 5.41) is 3.12. The van der Waals surface area contributed by atoms with Gasteiger partial charge in [-0.3, -0.25) is 9.79 Å². The van der Waals surface area contributed by atoms with Crippen molar-refractivity contribution in [2.45, 2.75) is 20.3 Å². The van der Waals surface area contributed by atoms with E-state index in [0.717, 1.165) is 35.6 Å². The molecule has 0 spiro atoms. The highest BCUT2D eigenvalue weighted by Crippen LogP contribution is 2.13. The molecular formula is C13H16N2O. The first-order valence-corrected chi connectivity index (χ1v) is 5.54. The van der Waals surface area contributed by atoms with Gasteiger partial charge in [0.25, 0.3) is 0 Å². The molecule has 1 N–H and O–H groups in total. The summed E-state index contributed by atoms with van der Waals surface area (Å²) in [5.74, 6) is 0.972. The number of carbonyl (C=O) groups is 1. The minimum absolute atomic E-state index is 0.148. The molecule has 0 bridgehead atoms. The molecule has 1 aliphatic rings. The van der Waals surface area contributed by atoms with Crippen LogP contribution in [0.1, 0.15) is 27.9 Å². The van der Waals surface area contributed by atoms with Gasteiger partial charge in [0.05, 0.1) is 13.0 Å². The van der Waals surface area contributed by atoms with Crippen LogP contribution < -0.4 is 5.32 Å². The number of Topliss-reactive ketones (excluding diaryl/α,β-unsaturated/α-hetero) is 1. The highest BCUT2D eigenvalue weighted by atomic mass is 16.1. The summed E-state index contributed by atoms with van der Waals surface area (Å²) in [4.78, 5) is 16.3. The van der Waals surface area contributed by atoms with E-state index in [1.54, 1.807) is 0 Å². The van der Waals surface area contributed by atoms with Gasteiger partial charge in [0, 0.05) is 12.1 Å². The van der Waals surface area contributed by atoms with Gasteiger partial charge in [0.1, 0.15) is 5.84 Å². The molecule has 1 aromatic rings. The summed E-state index contributed by atoms with van der Waals surface area (Å²) in [6, 6.07) is 5.97. The van der Waals surface area contributed by atoms with E-state index < -0.39 is 0 Å². The molecule has 0 amide bonds. The summed E-state index contributed by atoms with van der Waals surface area (Å²) in [5.41, 5.74) is 2.97. The van der Waals surface area contributed by atoms with Gasteiger partial charge in [-0.15, -0.1) is 0 Å². The molecule has 2 rings (SSSR count). The van der Waals surface area contributed by atoms with Crippen molar-refractivity contribution in [3.8, 4) is 0 Å². The van der Waals surface area contributed by atoms with Gasteiger partial charge in [0.15, 0.2) is 5.78 Å². The molecule has 1 aromatic carbocycles. The Kier molecular flexibility index (Phi) is 3.04. The van der Waals surface area contributed by atoms with Crippen LogP contribution in [0.15, 0.2) is 23.2 Å². The second-order valence-electron chi connectivity index (χ2n) is 4.17. The molecule has 0 aromatic heterocycles. The number of ketones is 1. The topological polar surface area (TPSA) is 41.5 Å². The Morgan fingerprint density at radius 2 is 2.25 bits per heavy atom. The van der Waals surface area contributed by atoms with Crippen LogP contribution in [0.25, 0.3) is 0 Å². The largest absolute Gasteiger partial charge is 0.372 e. The lowest BCUT2D eigenvalue weighted by atomic mass is 10.00. The lowest BCUT2D eigenvalue weighted by Gasteiger charge is -2.06. The lowest BCUT2D eigenvalue weighted by Crippen LogP contribution is -2.22. The van der Waals surface area contributed by atoms with Crippen molar-refractivity contribution < 1.29 is 4.79 Å². The van der Waals surface area contributed by atoms with Gasteiger partial charge in [-0.25, -0.2) is 0 Å². The summed E-state index contributed by atoms with van der Waals surface area (Å²) in [6.07, 6.45) is 0.393. The van der Waals surface area contributed by atoms with Crippen LogP contribution in [0.2, 0.25) is 0 Å². The second-order valence-corrected chi connectivity index (χ2v) is 4.17. The Balaban J connectivity index is 2.16. The molecule has 0 radical (unpaired) electrons. The molecule has 84 valence electrons. The third-order valence-electron chi connectivity index (χ3n) is 2.77. The van der Waals surface area contributed by atoms with Crippen LogP contribution in [-0.2, 0) is 0 Å². The molecular weight excluding hydrogens is 200 g/mol. The van der Waals surface area contributed by atoms with E-state index in [0.29, 0.717) is 6.42 Å². The molecule has 0 atom stereocenters. The van der Waals surface area contributed by atoms with Gasteiger partial charge >= 0.3 is 0 Å². The number of amidine groups is 1. The summed E-state index contributed by atoms with van der Waals surface area (Å²) in [6.45, 7) is 5.61. The Morgan fingerprint density at radius 1 is 1.44 bits per heavy atom. The number of aliphatic imine (C=N–C) groups is 1. The van der Waals surface area contributed by atoms with Gasteiger partial charge in [-0.1, -0.05) is 17.7 Å². The molecule has 0 aliphatic carbocycles. The molecule has 3 nitrogen and oxygen atoms in total. The fraction of sp³-hybridized carbons (Fsp3) is 0.385. The number of nitrogens with one attached hydrogen (secondary N) is 1. The molecule has 0 unspecified atom stereocenters. The van der Waals surface area contributed by atoms with E-state index >= 15 is 0 Å². The molecule has 16 heavy (non-hydrogen) atoms. The Hall–Kier alpha value is -1.64. The van der Waals surface area contributed by atoms with Crippen LogP contribution in [0.4, 0.5) is 0 Å². The van der Waals surface area contributed by atoms with Crippen molar-refractivity contribution >= 4 is 11.6 Å². The third kappa shape index (κ3) is 2.30. The highest BCUT2D eigenvalue weighted by Gasteiger charge is 2.14. The molecule has 1 heterocycles. The van der Waals surface area contributed by atoms with Crippen molar-refractivity contribution in [2.24, 2.45) is 4.99 Å². The predicted octanol–water partition coefficient (Wildman–Crippen LogP) is 1.88. The van der Waals surface area contributed by atoms with Crippen LogP contribution in [-0.4, -0.2) is 24.7 Å². The number of hydrogen-bond acceptors (Lipinski definition) is 3. The Bertz CT molecular complexity index is 449. The maximum atomic E-state index is 12.1. The molecule has 0 saturated heterocycles. The number of rotatable bonds is 3. The predicted molar refractivity (Wildman–Crippen MR) is 65.2 cm³/mol. The number of carbonyl (C=O) groups excluding carboxylic acids is 1. The zero-order valence-electron chi connectivity index (χ0n) is 9.71. The van der Waals surface area contributed by atoms with Crippen molar-refractivity contribution in [1.82, 2.24) is 5.32 Å². The lowest BCUT2D eigenvalue weighted by molar-refractivity contribution is 0.0999. The fourth-order valence-corrected chi connectivity index (χ4v) is 1.85. The first kappa shape index (κ1) is 10.9. The van der Waals surface area contributed by atoms with Gasteiger partial charge in [-0.05, 0) is 25.5 Å². The normalized spacial score (nSPS) is 14.5. The Morgan fingerprint density at radius 3 is 2.94 bits per heavy atom. The van der Waals surface area contributed by atoms with E-state index in [2.05, 4.69) is 10.3 Å². The average molecular weight is 216 g/mol. The molecule has 0 saturated carbocycles. The third-order valence-corrected chi connectivity index (χ3v) is 2.77. The summed E-state index contributed by atoms with van der Waals surface area (Å²) >= 11 is 0. The van der Waals surface area contributed by atoms with E-state index in [4.69, 9.17) is 0 Å². The zero-order chi connectivity index (χ0) is 11.5. The second kappa shape index (κ2) is 4.47. The molecule has 1 aliphatic heterocycles. The fourth-order valence-electron chi connectivity index (χ4n) is 1.85. The highest BCUT2D eigenvalue weighted by molar-refractivity contribution is 6.10. The van der Waals surface area contributed by atoms with Crippen LogP contribution >= 0.6 is 0 Å². The minimum atomic E-state index is 0.148. The van der Waals surface area contributed by atoms with Gasteiger partial charge in [-0.2, -0.15) is 0 Å². The quantitative estimate of drug-likeness (QED) is 0.784. The number of benzene rings is 1. The van der Waals surface area contributed by atoms with Crippen LogP contribution in [0, 0.1) is 13.8 Å². The molecule has 0 fully saturated rings. The number of aryl methyl sites for hydroxylation is 2. The minimum Gasteiger partial charge on any atom is -0.372 e. The first-order chi connectivity index (χ1) is 7.66. The maximum absolute atomic E-state index is 12.1. The standard InChI is InChI=1S/C13H16N2O/c1-9-3-4-10(2)11(7-9)12(16)8-13-14-5-6-15-13/h3-4,7H,5-6,8H2,1-2H3,(H,14,15). The van der Waals surface area contributed by atoms with E-state index in [-0.39, 0.29) is 5.78 Å². The van der Waals surface area contributed by atoms with E-state index in [1.165, 1.54) is 0 Å². The van der Waals surface area contributed by atoms with Gasteiger partial charge < -0.3 is 5.32 Å². The molecule has 3 heteroatoms. The van der Waals surface area contributed by atoms with Crippen molar-refractivity contribution in [3.05, 3.63) is 34.9 Å².